The van der Waals surface area contributed by atoms with Gasteiger partial charge in [-0.1, -0.05) is 25.5 Å². The zero-order chi connectivity index (χ0) is 14.3. The number of hydrogen-bond donors (Lipinski definition) is 0. The van der Waals surface area contributed by atoms with Gasteiger partial charge in [-0.25, -0.2) is 4.79 Å². The van der Waals surface area contributed by atoms with E-state index in [0.717, 1.165) is 0 Å². The predicted molar refractivity (Wildman–Crippen MR) is 69.1 cm³/mol. The number of hydrogen-bond acceptors (Lipinski definition) is 5. The summed E-state index contributed by atoms with van der Waals surface area (Å²) in [5.74, 6) is -0.415. The molecule has 1 rings (SSSR count). The van der Waals surface area contributed by atoms with E-state index in [1.807, 2.05) is 6.92 Å². The summed E-state index contributed by atoms with van der Waals surface area (Å²) < 4.78 is 10.3. The van der Waals surface area contributed by atoms with Gasteiger partial charge in [-0.3, -0.25) is 10.1 Å². The Morgan fingerprint density at radius 1 is 1.37 bits per heavy atom. The Balaban J connectivity index is 2.90. The fraction of sp³-hybridized carbons (Fsp3) is 0.462. The van der Waals surface area contributed by atoms with E-state index in [1.165, 1.54) is 12.1 Å². The largest absolute Gasteiger partial charge is 0.472 e. The predicted octanol–water partition coefficient (Wildman–Crippen LogP) is 2.71. The molecule has 0 aliphatic rings. The third-order valence-corrected chi connectivity index (χ3v) is 2.43. The smallest absolute Gasteiger partial charge is 0.347 e. The molecule has 0 saturated carbocycles. The summed E-state index contributed by atoms with van der Waals surface area (Å²) in [5.41, 5.74) is -0.159. The molecular weight excluding hydrogens is 250 g/mol. The molecule has 0 amide bonds. The molecule has 0 aliphatic heterocycles. The summed E-state index contributed by atoms with van der Waals surface area (Å²) in [6.45, 7) is 3.85. The van der Waals surface area contributed by atoms with Crippen molar-refractivity contribution in [1.82, 2.24) is 0 Å². The van der Waals surface area contributed by atoms with Gasteiger partial charge >= 0.3 is 11.7 Å². The lowest BCUT2D eigenvalue weighted by atomic mass is 10.2. The highest BCUT2D eigenvalue weighted by atomic mass is 16.6. The molecule has 6 nitrogen and oxygen atoms in total. The minimum atomic E-state index is -0.814. The Bertz CT molecular complexity index is 446. The van der Waals surface area contributed by atoms with E-state index < -0.39 is 17.0 Å². The number of nitrogens with zero attached hydrogens (tertiary/aromatic N) is 1. The molecule has 0 aliphatic carbocycles. The van der Waals surface area contributed by atoms with Crippen LogP contribution in [0, 0.1) is 10.1 Å². The van der Waals surface area contributed by atoms with Crippen LogP contribution in [0.15, 0.2) is 24.3 Å². The maximum Gasteiger partial charge on any atom is 0.347 e. The highest BCUT2D eigenvalue weighted by molar-refractivity contribution is 5.75. The van der Waals surface area contributed by atoms with Gasteiger partial charge in [-0.05, 0) is 19.4 Å². The molecule has 0 aromatic heterocycles. The van der Waals surface area contributed by atoms with E-state index in [0.29, 0.717) is 12.8 Å². The van der Waals surface area contributed by atoms with Gasteiger partial charge in [0.1, 0.15) is 0 Å². The van der Waals surface area contributed by atoms with Crippen LogP contribution in [-0.4, -0.2) is 23.6 Å². The molecular formula is C13H17NO5. The Hall–Kier alpha value is -2.11. The monoisotopic (exact) mass is 267 g/mol. The van der Waals surface area contributed by atoms with Crippen LogP contribution in [0.25, 0.3) is 0 Å². The summed E-state index contributed by atoms with van der Waals surface area (Å²) >= 11 is 0. The number of carbonyl (C=O) groups is 1. The Morgan fingerprint density at radius 2 is 2.05 bits per heavy atom. The van der Waals surface area contributed by atoms with Crippen molar-refractivity contribution >= 4 is 11.7 Å². The maximum absolute atomic E-state index is 11.7. The molecule has 6 heteroatoms. The molecule has 0 fully saturated rings. The van der Waals surface area contributed by atoms with E-state index in [2.05, 4.69) is 0 Å². The van der Waals surface area contributed by atoms with Gasteiger partial charge in [0, 0.05) is 6.07 Å². The first kappa shape index (κ1) is 14.9. The second-order valence-corrected chi connectivity index (χ2v) is 3.87. The van der Waals surface area contributed by atoms with Crippen LogP contribution in [-0.2, 0) is 9.53 Å². The molecule has 0 saturated heterocycles. The number of ether oxygens (including phenoxy) is 2. The molecule has 0 spiro atoms. The van der Waals surface area contributed by atoms with Gasteiger partial charge in [0.15, 0.2) is 11.9 Å². The van der Waals surface area contributed by atoms with Crippen molar-refractivity contribution in [3.05, 3.63) is 34.4 Å². The lowest BCUT2D eigenvalue weighted by molar-refractivity contribution is -0.386. The number of nitro benzene ring substituents is 1. The summed E-state index contributed by atoms with van der Waals surface area (Å²) in [7, 11) is 0. The second-order valence-electron chi connectivity index (χ2n) is 3.87. The van der Waals surface area contributed by atoms with Crippen molar-refractivity contribution in [2.24, 2.45) is 0 Å². The van der Waals surface area contributed by atoms with Crippen molar-refractivity contribution in [3.8, 4) is 5.75 Å². The molecule has 1 aromatic carbocycles. The highest BCUT2D eigenvalue weighted by Gasteiger charge is 2.24. The fourth-order valence-corrected chi connectivity index (χ4v) is 1.58. The standard InChI is InChI=1S/C13H17NO5/c1-3-7-12(13(15)18-4-2)19-11-9-6-5-8-10(11)14(16)17/h5-6,8-9,12H,3-4,7H2,1-2H3. The van der Waals surface area contributed by atoms with Crippen LogP contribution in [0.2, 0.25) is 0 Å². The van der Waals surface area contributed by atoms with Crippen LogP contribution in [0.1, 0.15) is 26.7 Å². The molecule has 0 N–H and O–H groups in total. The fourth-order valence-electron chi connectivity index (χ4n) is 1.58. The number of nitro groups is 1. The van der Waals surface area contributed by atoms with Crippen molar-refractivity contribution in [3.63, 3.8) is 0 Å². The molecule has 1 atom stereocenters. The number of benzene rings is 1. The second kappa shape index (κ2) is 7.35. The minimum absolute atomic E-state index is 0.0824. The van der Waals surface area contributed by atoms with Gasteiger partial charge in [0.2, 0.25) is 0 Å². The Labute approximate surface area is 111 Å². The molecule has 1 aromatic rings. The van der Waals surface area contributed by atoms with E-state index in [-0.39, 0.29) is 18.0 Å². The average molecular weight is 267 g/mol. The maximum atomic E-state index is 11.7. The zero-order valence-corrected chi connectivity index (χ0v) is 11.0. The first-order valence-electron chi connectivity index (χ1n) is 6.16. The topological polar surface area (TPSA) is 78.7 Å². The molecule has 1 unspecified atom stereocenters. The van der Waals surface area contributed by atoms with Gasteiger partial charge in [0.25, 0.3) is 0 Å². The zero-order valence-electron chi connectivity index (χ0n) is 11.0. The normalized spacial score (nSPS) is 11.7. The summed E-state index contributed by atoms with van der Waals surface area (Å²) in [4.78, 5) is 22.0. The Morgan fingerprint density at radius 3 is 2.63 bits per heavy atom. The first-order valence-corrected chi connectivity index (χ1v) is 6.16. The van der Waals surface area contributed by atoms with Crippen LogP contribution in [0.4, 0.5) is 5.69 Å². The Kier molecular flexibility index (Phi) is 5.78. The summed E-state index contributed by atoms with van der Waals surface area (Å²) in [5, 5.41) is 10.9. The van der Waals surface area contributed by atoms with E-state index in [9.17, 15) is 14.9 Å². The summed E-state index contributed by atoms with van der Waals surface area (Å²) in [6, 6.07) is 5.98. The van der Waals surface area contributed by atoms with Crippen molar-refractivity contribution < 1.29 is 19.2 Å². The average Bonchev–Trinajstić information content (AvgIpc) is 2.39. The molecule has 0 bridgehead atoms. The van der Waals surface area contributed by atoms with Crippen LogP contribution < -0.4 is 4.74 Å². The molecule has 0 heterocycles. The van der Waals surface area contributed by atoms with Crippen LogP contribution in [0.3, 0.4) is 0 Å². The number of rotatable bonds is 7. The number of carbonyl (C=O) groups excluding carboxylic acids is 1. The highest BCUT2D eigenvalue weighted by Crippen LogP contribution is 2.27. The van der Waals surface area contributed by atoms with Crippen molar-refractivity contribution in [2.45, 2.75) is 32.8 Å². The van der Waals surface area contributed by atoms with Gasteiger partial charge in [-0.15, -0.1) is 0 Å². The first-order chi connectivity index (χ1) is 9.10. The van der Waals surface area contributed by atoms with Crippen molar-refractivity contribution in [2.75, 3.05) is 6.61 Å². The number of para-hydroxylation sites is 2. The lowest BCUT2D eigenvalue weighted by Crippen LogP contribution is -2.29. The third kappa shape index (κ3) is 4.24. The van der Waals surface area contributed by atoms with Crippen LogP contribution >= 0.6 is 0 Å². The van der Waals surface area contributed by atoms with Gasteiger partial charge in [0.05, 0.1) is 11.5 Å². The van der Waals surface area contributed by atoms with E-state index in [4.69, 9.17) is 9.47 Å². The lowest BCUT2D eigenvalue weighted by Gasteiger charge is -2.16. The molecule has 104 valence electrons. The van der Waals surface area contributed by atoms with Crippen molar-refractivity contribution in [1.29, 1.82) is 0 Å². The van der Waals surface area contributed by atoms with Gasteiger partial charge in [-0.2, -0.15) is 0 Å². The van der Waals surface area contributed by atoms with Crippen LogP contribution in [0.5, 0.6) is 5.75 Å². The quantitative estimate of drug-likeness (QED) is 0.431. The molecule has 0 radical (unpaired) electrons. The minimum Gasteiger partial charge on any atom is -0.472 e. The van der Waals surface area contributed by atoms with Gasteiger partial charge < -0.3 is 9.47 Å². The summed E-state index contributed by atoms with van der Waals surface area (Å²) in [6.07, 6.45) is 0.348. The van der Waals surface area contributed by atoms with E-state index >= 15 is 0 Å². The molecule has 19 heavy (non-hydrogen) atoms. The SMILES string of the molecule is CCCC(Oc1ccccc1[N+](=O)[O-])C(=O)OCC. The number of esters is 1. The third-order valence-electron chi connectivity index (χ3n) is 2.43. The van der Waals surface area contributed by atoms with E-state index in [1.54, 1.807) is 19.1 Å².